The molecule has 1 fully saturated rings. The number of thioether (sulfide) groups is 2. The molecule has 72 valence electrons. The summed E-state index contributed by atoms with van der Waals surface area (Å²) in [6.45, 7) is 0.194. The van der Waals surface area contributed by atoms with E-state index in [4.69, 9.17) is 5.11 Å². The van der Waals surface area contributed by atoms with Gasteiger partial charge in [0.05, 0.1) is 10.7 Å². The van der Waals surface area contributed by atoms with Crippen LogP contribution in [0.3, 0.4) is 0 Å². The molecule has 0 saturated carbocycles. The normalized spacial score (nSPS) is 22.5. The van der Waals surface area contributed by atoms with Crippen LogP contribution < -0.4 is 0 Å². The Labute approximate surface area is 82.1 Å². The predicted octanol–water partition coefficient (Wildman–Crippen LogP) is 1.32. The van der Waals surface area contributed by atoms with E-state index in [2.05, 4.69) is 0 Å². The smallest absolute Gasteiger partial charge is 0.0761 e. The zero-order chi connectivity index (χ0) is 8.81. The molecule has 0 radical (unpaired) electrons. The van der Waals surface area contributed by atoms with Crippen molar-refractivity contribution in [2.24, 2.45) is 0 Å². The van der Waals surface area contributed by atoms with Crippen LogP contribution in [0.5, 0.6) is 0 Å². The third kappa shape index (κ3) is 3.56. The van der Waals surface area contributed by atoms with E-state index in [1.165, 1.54) is 17.9 Å². The molecule has 0 aromatic rings. The van der Waals surface area contributed by atoms with E-state index in [1.54, 1.807) is 0 Å². The van der Waals surface area contributed by atoms with Gasteiger partial charge in [0.15, 0.2) is 0 Å². The lowest BCUT2D eigenvalue weighted by Gasteiger charge is -2.25. The lowest BCUT2D eigenvalue weighted by molar-refractivity contribution is 0.164. The van der Waals surface area contributed by atoms with Crippen molar-refractivity contribution in [3.05, 3.63) is 0 Å². The molecular formula is C8H16O2S2. The van der Waals surface area contributed by atoms with Crippen LogP contribution in [0.15, 0.2) is 0 Å². The fourth-order valence-electron chi connectivity index (χ4n) is 1.16. The van der Waals surface area contributed by atoms with Gasteiger partial charge in [-0.25, -0.2) is 0 Å². The van der Waals surface area contributed by atoms with Gasteiger partial charge < -0.3 is 10.2 Å². The summed E-state index contributed by atoms with van der Waals surface area (Å²) in [7, 11) is 0. The van der Waals surface area contributed by atoms with Gasteiger partial charge in [0.25, 0.3) is 0 Å². The van der Waals surface area contributed by atoms with Crippen LogP contribution in [0.1, 0.15) is 19.3 Å². The van der Waals surface area contributed by atoms with Crippen LogP contribution in [0.25, 0.3) is 0 Å². The maximum absolute atomic E-state index is 9.65. The first-order valence-electron chi connectivity index (χ1n) is 4.36. The standard InChI is InChI=1S/C8H16O2S2/c9-4-1-3-7(10)8-11-5-2-6-12-8/h7-10H,1-6H2/t7-/m0/s1. The van der Waals surface area contributed by atoms with Crippen molar-refractivity contribution in [1.82, 2.24) is 0 Å². The lowest BCUT2D eigenvalue weighted by Crippen LogP contribution is -2.23. The molecule has 0 aromatic heterocycles. The largest absolute Gasteiger partial charge is 0.396 e. The Morgan fingerprint density at radius 1 is 1.33 bits per heavy atom. The average molecular weight is 208 g/mol. The summed E-state index contributed by atoms with van der Waals surface area (Å²) in [5.41, 5.74) is 0. The number of aliphatic hydroxyl groups excluding tert-OH is 2. The Bertz CT molecular complexity index is 116. The van der Waals surface area contributed by atoms with Gasteiger partial charge in [0.2, 0.25) is 0 Å². The third-order valence-corrected chi connectivity index (χ3v) is 4.98. The van der Waals surface area contributed by atoms with Crippen molar-refractivity contribution >= 4 is 23.5 Å². The summed E-state index contributed by atoms with van der Waals surface area (Å²) in [5, 5.41) is 18.2. The summed E-state index contributed by atoms with van der Waals surface area (Å²) >= 11 is 3.71. The molecule has 1 aliphatic heterocycles. The van der Waals surface area contributed by atoms with E-state index in [-0.39, 0.29) is 12.7 Å². The predicted molar refractivity (Wildman–Crippen MR) is 55.6 cm³/mol. The Kier molecular flexibility index (Phi) is 5.47. The van der Waals surface area contributed by atoms with Gasteiger partial charge in [-0.2, -0.15) is 0 Å². The molecule has 2 nitrogen and oxygen atoms in total. The molecule has 12 heavy (non-hydrogen) atoms. The van der Waals surface area contributed by atoms with Crippen molar-refractivity contribution in [2.75, 3.05) is 18.1 Å². The first kappa shape index (κ1) is 10.7. The van der Waals surface area contributed by atoms with Crippen LogP contribution >= 0.6 is 23.5 Å². The SMILES string of the molecule is OCCC[C@H](O)C1SCCCS1. The van der Waals surface area contributed by atoms with Crippen molar-refractivity contribution in [2.45, 2.75) is 29.9 Å². The molecule has 0 aliphatic carbocycles. The van der Waals surface area contributed by atoms with Gasteiger partial charge in [-0.05, 0) is 30.8 Å². The van der Waals surface area contributed by atoms with Gasteiger partial charge in [0, 0.05) is 6.61 Å². The Balaban J connectivity index is 2.15. The van der Waals surface area contributed by atoms with Gasteiger partial charge >= 0.3 is 0 Å². The van der Waals surface area contributed by atoms with E-state index in [1.807, 2.05) is 23.5 Å². The van der Waals surface area contributed by atoms with Crippen LogP contribution in [0.4, 0.5) is 0 Å². The first-order chi connectivity index (χ1) is 5.84. The van der Waals surface area contributed by atoms with E-state index < -0.39 is 0 Å². The first-order valence-corrected chi connectivity index (χ1v) is 6.46. The number of hydrogen-bond acceptors (Lipinski definition) is 4. The highest BCUT2D eigenvalue weighted by Crippen LogP contribution is 2.34. The molecule has 0 unspecified atom stereocenters. The minimum Gasteiger partial charge on any atom is -0.396 e. The topological polar surface area (TPSA) is 40.5 Å². The minimum absolute atomic E-state index is 0.194. The number of aliphatic hydroxyl groups is 2. The molecule has 1 rings (SSSR count). The highest BCUT2D eigenvalue weighted by Gasteiger charge is 2.21. The second kappa shape index (κ2) is 6.13. The van der Waals surface area contributed by atoms with E-state index >= 15 is 0 Å². The second-order valence-corrected chi connectivity index (χ2v) is 5.69. The highest BCUT2D eigenvalue weighted by atomic mass is 32.2. The molecule has 0 bridgehead atoms. The summed E-state index contributed by atoms with van der Waals surface area (Å²) < 4.78 is 0.352. The van der Waals surface area contributed by atoms with Gasteiger partial charge in [-0.1, -0.05) is 0 Å². The van der Waals surface area contributed by atoms with E-state index in [0.29, 0.717) is 4.58 Å². The van der Waals surface area contributed by atoms with Crippen molar-refractivity contribution in [1.29, 1.82) is 0 Å². The molecular weight excluding hydrogens is 192 g/mol. The van der Waals surface area contributed by atoms with Crippen LogP contribution in [0.2, 0.25) is 0 Å². The molecule has 0 spiro atoms. The molecule has 0 aromatic carbocycles. The molecule has 4 heteroatoms. The number of rotatable bonds is 4. The summed E-state index contributed by atoms with van der Waals surface area (Å²) in [4.78, 5) is 0. The Morgan fingerprint density at radius 2 is 2.00 bits per heavy atom. The molecule has 0 amide bonds. The quantitative estimate of drug-likeness (QED) is 0.731. The highest BCUT2D eigenvalue weighted by molar-refractivity contribution is 8.17. The summed E-state index contributed by atoms with van der Waals surface area (Å²) in [5.74, 6) is 2.35. The second-order valence-electron chi connectivity index (χ2n) is 2.90. The third-order valence-electron chi connectivity index (χ3n) is 1.83. The van der Waals surface area contributed by atoms with Crippen LogP contribution in [0, 0.1) is 0 Å². The Hall–Kier alpha value is 0.620. The van der Waals surface area contributed by atoms with Gasteiger partial charge in [0.1, 0.15) is 0 Å². The fourth-order valence-corrected chi connectivity index (χ4v) is 4.11. The lowest BCUT2D eigenvalue weighted by atomic mass is 10.2. The van der Waals surface area contributed by atoms with Crippen molar-refractivity contribution in [3.8, 4) is 0 Å². The van der Waals surface area contributed by atoms with Gasteiger partial charge in [-0.15, -0.1) is 23.5 Å². The average Bonchev–Trinajstić information content (AvgIpc) is 2.15. The Morgan fingerprint density at radius 3 is 2.58 bits per heavy atom. The zero-order valence-electron chi connectivity index (χ0n) is 7.11. The minimum atomic E-state index is -0.229. The van der Waals surface area contributed by atoms with Crippen molar-refractivity contribution < 1.29 is 10.2 Å². The molecule has 1 saturated heterocycles. The zero-order valence-corrected chi connectivity index (χ0v) is 8.74. The fraction of sp³-hybridized carbons (Fsp3) is 1.00. The van der Waals surface area contributed by atoms with Crippen molar-refractivity contribution in [3.63, 3.8) is 0 Å². The van der Waals surface area contributed by atoms with Gasteiger partial charge in [-0.3, -0.25) is 0 Å². The summed E-state index contributed by atoms with van der Waals surface area (Å²) in [6, 6.07) is 0. The maximum Gasteiger partial charge on any atom is 0.0761 e. The van der Waals surface area contributed by atoms with Crippen LogP contribution in [-0.2, 0) is 0 Å². The maximum atomic E-state index is 9.65. The number of hydrogen-bond donors (Lipinski definition) is 2. The molecule has 1 heterocycles. The van der Waals surface area contributed by atoms with E-state index in [0.717, 1.165) is 12.8 Å². The van der Waals surface area contributed by atoms with E-state index in [9.17, 15) is 5.11 Å². The monoisotopic (exact) mass is 208 g/mol. The summed E-state index contributed by atoms with van der Waals surface area (Å²) in [6.07, 6.45) is 2.49. The van der Waals surface area contributed by atoms with Crippen LogP contribution in [-0.4, -0.2) is 39.0 Å². The molecule has 1 atom stereocenters. The molecule has 1 aliphatic rings. The molecule has 2 N–H and O–H groups in total.